The van der Waals surface area contributed by atoms with Gasteiger partial charge in [0.25, 0.3) is 0 Å². The summed E-state index contributed by atoms with van der Waals surface area (Å²) in [5.74, 6) is 0. The van der Waals surface area contributed by atoms with Crippen LogP contribution in [0.25, 0.3) is 0 Å². The smallest absolute Gasteiger partial charge is 0.0397 e. The summed E-state index contributed by atoms with van der Waals surface area (Å²) in [5.41, 5.74) is 4.34. The van der Waals surface area contributed by atoms with Crippen LogP contribution in [0.2, 0.25) is 0 Å². The highest BCUT2D eigenvalue weighted by atomic mass is 15.2. The predicted molar refractivity (Wildman–Crippen MR) is 89.1 cm³/mol. The van der Waals surface area contributed by atoms with Crippen LogP contribution in [0.3, 0.4) is 0 Å². The van der Waals surface area contributed by atoms with Gasteiger partial charge in [-0.1, -0.05) is 12.1 Å². The van der Waals surface area contributed by atoms with E-state index in [4.69, 9.17) is 0 Å². The number of hydrogen-bond acceptors (Lipinski definition) is 4. The van der Waals surface area contributed by atoms with Gasteiger partial charge >= 0.3 is 0 Å². The third kappa shape index (κ3) is 3.76. The van der Waals surface area contributed by atoms with Crippen LogP contribution in [-0.4, -0.2) is 69.7 Å². The van der Waals surface area contributed by atoms with E-state index in [9.17, 15) is 0 Å². The SMILES string of the molecule is CN1CCN(CCNCc2ccc3c(c2)CCN3C)CC1. The minimum absolute atomic E-state index is 0.991. The van der Waals surface area contributed by atoms with Crippen molar-refractivity contribution in [1.82, 2.24) is 15.1 Å². The quantitative estimate of drug-likeness (QED) is 0.817. The summed E-state index contributed by atoms with van der Waals surface area (Å²) < 4.78 is 0. The average molecular weight is 288 g/mol. The maximum atomic E-state index is 3.59. The molecule has 0 bridgehead atoms. The van der Waals surface area contributed by atoms with Gasteiger partial charge in [0.1, 0.15) is 0 Å². The third-order valence-corrected chi connectivity index (χ3v) is 4.80. The van der Waals surface area contributed by atoms with Crippen molar-refractivity contribution >= 4 is 5.69 Å². The summed E-state index contributed by atoms with van der Waals surface area (Å²) in [6.45, 7) is 9.24. The van der Waals surface area contributed by atoms with Crippen LogP contribution in [0.15, 0.2) is 18.2 Å². The highest BCUT2D eigenvalue weighted by Gasteiger charge is 2.15. The van der Waals surface area contributed by atoms with Crippen molar-refractivity contribution < 1.29 is 0 Å². The van der Waals surface area contributed by atoms with Crippen molar-refractivity contribution in [3.63, 3.8) is 0 Å². The molecular weight excluding hydrogens is 260 g/mol. The van der Waals surface area contributed by atoms with Crippen molar-refractivity contribution in [3.8, 4) is 0 Å². The molecule has 21 heavy (non-hydrogen) atoms. The first-order chi connectivity index (χ1) is 10.2. The molecule has 0 unspecified atom stereocenters. The lowest BCUT2D eigenvalue weighted by atomic mass is 10.1. The molecule has 1 aromatic rings. The van der Waals surface area contributed by atoms with E-state index < -0.39 is 0 Å². The Morgan fingerprint density at radius 1 is 1.05 bits per heavy atom. The van der Waals surface area contributed by atoms with E-state index in [-0.39, 0.29) is 0 Å². The van der Waals surface area contributed by atoms with Gasteiger partial charge in [0.2, 0.25) is 0 Å². The molecule has 0 aliphatic carbocycles. The number of hydrogen-bond donors (Lipinski definition) is 1. The zero-order chi connectivity index (χ0) is 14.7. The van der Waals surface area contributed by atoms with Crippen molar-refractivity contribution in [2.75, 3.05) is 64.8 Å². The maximum Gasteiger partial charge on any atom is 0.0397 e. The number of nitrogens with zero attached hydrogens (tertiary/aromatic N) is 3. The van der Waals surface area contributed by atoms with Gasteiger partial charge in [-0.05, 0) is 30.7 Å². The molecule has 2 aliphatic heterocycles. The van der Waals surface area contributed by atoms with Gasteiger partial charge < -0.3 is 15.1 Å². The number of rotatable bonds is 5. The lowest BCUT2D eigenvalue weighted by molar-refractivity contribution is 0.154. The van der Waals surface area contributed by atoms with Gasteiger partial charge in [-0.15, -0.1) is 0 Å². The first-order valence-electron chi connectivity index (χ1n) is 8.17. The van der Waals surface area contributed by atoms with Crippen LogP contribution in [0.4, 0.5) is 5.69 Å². The Labute approximate surface area is 128 Å². The number of likely N-dealkylation sites (N-methyl/N-ethyl adjacent to an activating group) is 2. The molecule has 2 aliphatic rings. The Morgan fingerprint density at radius 3 is 2.67 bits per heavy atom. The fraction of sp³-hybridized carbons (Fsp3) is 0.647. The second-order valence-electron chi connectivity index (χ2n) is 6.46. The van der Waals surface area contributed by atoms with Crippen LogP contribution in [0, 0.1) is 0 Å². The van der Waals surface area contributed by atoms with Crippen molar-refractivity contribution in [2.45, 2.75) is 13.0 Å². The molecule has 0 amide bonds. The molecule has 0 atom stereocenters. The second kappa shape index (κ2) is 6.77. The van der Waals surface area contributed by atoms with E-state index in [2.05, 4.69) is 52.3 Å². The van der Waals surface area contributed by atoms with E-state index in [0.29, 0.717) is 0 Å². The van der Waals surface area contributed by atoms with E-state index in [1.165, 1.54) is 56.0 Å². The summed E-state index contributed by atoms with van der Waals surface area (Å²) in [6.07, 6.45) is 1.20. The van der Waals surface area contributed by atoms with Crippen LogP contribution in [0.1, 0.15) is 11.1 Å². The molecule has 3 rings (SSSR count). The fourth-order valence-electron chi connectivity index (χ4n) is 3.27. The Morgan fingerprint density at radius 2 is 1.86 bits per heavy atom. The highest BCUT2D eigenvalue weighted by Crippen LogP contribution is 2.27. The minimum Gasteiger partial charge on any atom is -0.374 e. The Hall–Kier alpha value is -1.10. The molecule has 4 nitrogen and oxygen atoms in total. The Balaban J connectivity index is 1.40. The van der Waals surface area contributed by atoms with Crippen molar-refractivity contribution in [3.05, 3.63) is 29.3 Å². The van der Waals surface area contributed by atoms with Gasteiger partial charge in [-0.3, -0.25) is 4.90 Å². The predicted octanol–water partition coefficient (Wildman–Crippen LogP) is 1.02. The molecular formula is C17H28N4. The molecule has 0 saturated carbocycles. The average Bonchev–Trinajstić information content (AvgIpc) is 2.86. The van der Waals surface area contributed by atoms with E-state index >= 15 is 0 Å². The number of fused-ring (bicyclic) bond motifs is 1. The largest absolute Gasteiger partial charge is 0.374 e. The second-order valence-corrected chi connectivity index (χ2v) is 6.46. The Kier molecular flexibility index (Phi) is 4.78. The normalized spacial score (nSPS) is 20.0. The molecule has 1 fully saturated rings. The van der Waals surface area contributed by atoms with Gasteiger partial charge in [0.15, 0.2) is 0 Å². The zero-order valence-electron chi connectivity index (χ0n) is 13.4. The van der Waals surface area contributed by atoms with Gasteiger partial charge in [-0.25, -0.2) is 0 Å². The maximum absolute atomic E-state index is 3.59. The van der Waals surface area contributed by atoms with Gasteiger partial charge in [0, 0.05) is 65.1 Å². The molecule has 1 N–H and O–H groups in total. The van der Waals surface area contributed by atoms with Crippen molar-refractivity contribution in [2.24, 2.45) is 0 Å². The van der Waals surface area contributed by atoms with E-state index in [1.807, 2.05) is 0 Å². The molecule has 116 valence electrons. The molecule has 1 aromatic carbocycles. The zero-order valence-corrected chi connectivity index (χ0v) is 13.4. The van der Waals surface area contributed by atoms with Crippen LogP contribution < -0.4 is 10.2 Å². The lowest BCUT2D eigenvalue weighted by Crippen LogP contribution is -2.46. The summed E-state index contributed by atoms with van der Waals surface area (Å²) in [4.78, 5) is 7.32. The first-order valence-corrected chi connectivity index (χ1v) is 8.17. The van der Waals surface area contributed by atoms with Gasteiger partial charge in [-0.2, -0.15) is 0 Å². The fourth-order valence-corrected chi connectivity index (χ4v) is 3.27. The lowest BCUT2D eigenvalue weighted by Gasteiger charge is -2.32. The standard InChI is InChI=1S/C17H28N4/c1-19-9-11-21(12-10-19)8-6-18-14-15-3-4-17-16(13-15)5-7-20(17)2/h3-4,13,18H,5-12,14H2,1-2H3. The topological polar surface area (TPSA) is 21.8 Å². The van der Waals surface area contributed by atoms with E-state index in [1.54, 1.807) is 0 Å². The summed E-state index contributed by atoms with van der Waals surface area (Å²) >= 11 is 0. The Bertz CT molecular complexity index is 466. The van der Waals surface area contributed by atoms with Crippen LogP contribution in [-0.2, 0) is 13.0 Å². The summed E-state index contributed by atoms with van der Waals surface area (Å²) in [5, 5.41) is 3.59. The number of nitrogens with one attached hydrogen (secondary N) is 1. The van der Waals surface area contributed by atoms with Crippen molar-refractivity contribution in [1.29, 1.82) is 0 Å². The molecule has 2 heterocycles. The first kappa shape index (κ1) is 14.8. The molecule has 4 heteroatoms. The highest BCUT2D eigenvalue weighted by molar-refractivity contribution is 5.58. The minimum atomic E-state index is 0.991. The molecule has 0 spiro atoms. The van der Waals surface area contributed by atoms with Gasteiger partial charge in [0.05, 0.1) is 0 Å². The molecule has 1 saturated heterocycles. The van der Waals surface area contributed by atoms with Crippen LogP contribution >= 0.6 is 0 Å². The number of piperazine rings is 1. The van der Waals surface area contributed by atoms with Crippen LogP contribution in [0.5, 0.6) is 0 Å². The third-order valence-electron chi connectivity index (χ3n) is 4.80. The summed E-state index contributed by atoms with van der Waals surface area (Å²) in [6, 6.07) is 6.92. The number of benzene rings is 1. The molecule has 0 aromatic heterocycles. The van der Waals surface area contributed by atoms with E-state index in [0.717, 1.165) is 19.6 Å². The molecule has 0 radical (unpaired) electrons. The summed E-state index contributed by atoms with van der Waals surface area (Å²) in [7, 11) is 4.39. The monoisotopic (exact) mass is 288 g/mol. The number of anilines is 1.